The van der Waals surface area contributed by atoms with E-state index in [0.717, 1.165) is 12.1 Å². The van der Waals surface area contributed by atoms with Crippen LogP contribution in [0.5, 0.6) is 0 Å². The number of carbonyl (C=O) groups is 1. The van der Waals surface area contributed by atoms with E-state index in [9.17, 15) is 18.0 Å². The summed E-state index contributed by atoms with van der Waals surface area (Å²) in [7, 11) is 1.26. The Bertz CT molecular complexity index is 536. The molecule has 0 aromatic heterocycles. The van der Waals surface area contributed by atoms with Crippen molar-refractivity contribution in [2.75, 3.05) is 31.8 Å². The molecule has 4 nitrogen and oxygen atoms in total. The molecule has 0 saturated carbocycles. The van der Waals surface area contributed by atoms with Crippen LogP contribution in [-0.4, -0.2) is 38.9 Å². The third kappa shape index (κ3) is 3.49. The Morgan fingerprint density at radius 3 is 2.76 bits per heavy atom. The van der Waals surface area contributed by atoms with Gasteiger partial charge >= 0.3 is 12.1 Å². The molecule has 116 valence electrons. The number of benzene rings is 1. The van der Waals surface area contributed by atoms with Crippen LogP contribution in [-0.2, 0) is 20.4 Å². The molecule has 0 aliphatic carbocycles. The van der Waals surface area contributed by atoms with Crippen LogP contribution in [0, 0.1) is 0 Å². The molecule has 1 saturated heterocycles. The van der Waals surface area contributed by atoms with Crippen LogP contribution in [0.15, 0.2) is 22.7 Å². The van der Waals surface area contributed by atoms with Gasteiger partial charge in [0, 0.05) is 11.0 Å². The summed E-state index contributed by atoms with van der Waals surface area (Å²) < 4.78 is 48.2. The molecule has 8 heteroatoms. The Balaban J connectivity index is 2.33. The van der Waals surface area contributed by atoms with Gasteiger partial charge in [-0.3, -0.25) is 0 Å². The van der Waals surface area contributed by atoms with Crippen LogP contribution in [0.1, 0.15) is 5.56 Å². The Hall–Kier alpha value is -1.28. The SMILES string of the molecule is COC(=O)C1COCCN1c1ccc(C(F)(F)F)cc1Br. The van der Waals surface area contributed by atoms with Gasteiger partial charge in [-0.1, -0.05) is 0 Å². The van der Waals surface area contributed by atoms with Crippen LogP contribution in [0.4, 0.5) is 18.9 Å². The average molecular weight is 368 g/mol. The van der Waals surface area contributed by atoms with Crippen LogP contribution in [0.2, 0.25) is 0 Å². The fourth-order valence-corrected chi connectivity index (χ4v) is 2.75. The molecule has 1 atom stereocenters. The largest absolute Gasteiger partial charge is 0.467 e. The lowest BCUT2D eigenvalue weighted by Gasteiger charge is -2.36. The van der Waals surface area contributed by atoms with E-state index in [4.69, 9.17) is 9.47 Å². The molecular formula is C13H13BrF3NO3. The summed E-state index contributed by atoms with van der Waals surface area (Å²) in [4.78, 5) is 13.4. The highest BCUT2D eigenvalue weighted by atomic mass is 79.9. The maximum Gasteiger partial charge on any atom is 0.416 e. The monoisotopic (exact) mass is 367 g/mol. The zero-order valence-corrected chi connectivity index (χ0v) is 12.7. The van der Waals surface area contributed by atoms with E-state index in [0.29, 0.717) is 18.8 Å². The van der Waals surface area contributed by atoms with E-state index in [1.54, 1.807) is 4.90 Å². The molecular weight excluding hydrogens is 355 g/mol. The number of alkyl halides is 3. The zero-order chi connectivity index (χ0) is 15.6. The first-order chi connectivity index (χ1) is 9.84. The number of esters is 1. The molecule has 0 N–H and O–H groups in total. The van der Waals surface area contributed by atoms with Gasteiger partial charge in [-0.2, -0.15) is 13.2 Å². The summed E-state index contributed by atoms with van der Waals surface area (Å²) in [6, 6.07) is 2.66. The van der Waals surface area contributed by atoms with Gasteiger partial charge in [0.1, 0.15) is 0 Å². The molecule has 1 aliphatic heterocycles. The van der Waals surface area contributed by atoms with Crippen molar-refractivity contribution in [1.29, 1.82) is 0 Å². The molecule has 1 aliphatic rings. The topological polar surface area (TPSA) is 38.8 Å². The summed E-state index contributed by atoms with van der Waals surface area (Å²) in [5.74, 6) is -0.485. The number of rotatable bonds is 2. The molecule has 1 fully saturated rings. The molecule has 0 amide bonds. The van der Waals surface area contributed by atoms with Gasteiger partial charge in [0.2, 0.25) is 0 Å². The predicted octanol–water partition coefficient (Wildman–Crippen LogP) is 2.85. The standard InChI is InChI=1S/C13H13BrF3NO3/c1-20-12(19)11-7-21-5-4-18(11)10-3-2-8(6-9(10)14)13(15,16)17/h2-3,6,11H,4-5,7H2,1H3. The zero-order valence-electron chi connectivity index (χ0n) is 11.1. The predicted molar refractivity (Wildman–Crippen MR) is 73.1 cm³/mol. The molecule has 1 unspecified atom stereocenters. The van der Waals surface area contributed by atoms with Crippen molar-refractivity contribution in [3.63, 3.8) is 0 Å². The van der Waals surface area contributed by atoms with Crippen molar-refractivity contribution in [3.05, 3.63) is 28.2 Å². The number of morpholine rings is 1. The summed E-state index contributed by atoms with van der Waals surface area (Å²) in [5, 5.41) is 0. The number of anilines is 1. The maximum absolute atomic E-state index is 12.7. The molecule has 0 bridgehead atoms. The Labute approximate surface area is 127 Å². The van der Waals surface area contributed by atoms with Gasteiger partial charge in [0.15, 0.2) is 6.04 Å². The fraction of sp³-hybridized carbons (Fsp3) is 0.462. The van der Waals surface area contributed by atoms with Crippen LogP contribution >= 0.6 is 15.9 Å². The van der Waals surface area contributed by atoms with E-state index < -0.39 is 23.8 Å². The lowest BCUT2D eigenvalue weighted by atomic mass is 10.1. The van der Waals surface area contributed by atoms with Crippen LogP contribution in [0.25, 0.3) is 0 Å². The smallest absolute Gasteiger partial charge is 0.416 e. The molecule has 2 rings (SSSR count). The Kier molecular flexibility index (Phi) is 4.77. The lowest BCUT2D eigenvalue weighted by molar-refractivity contribution is -0.144. The number of nitrogens with zero attached hydrogens (tertiary/aromatic N) is 1. The summed E-state index contributed by atoms with van der Waals surface area (Å²) in [5.41, 5.74) is -0.247. The van der Waals surface area contributed by atoms with Crippen molar-refractivity contribution < 1.29 is 27.4 Å². The van der Waals surface area contributed by atoms with Gasteiger partial charge < -0.3 is 14.4 Å². The van der Waals surface area contributed by atoms with Crippen molar-refractivity contribution in [2.45, 2.75) is 12.2 Å². The van der Waals surface area contributed by atoms with E-state index in [-0.39, 0.29) is 11.1 Å². The van der Waals surface area contributed by atoms with E-state index in [1.165, 1.54) is 13.2 Å². The lowest BCUT2D eigenvalue weighted by Crippen LogP contribution is -2.50. The summed E-state index contributed by atoms with van der Waals surface area (Å²) >= 11 is 3.14. The minimum absolute atomic E-state index is 0.139. The first kappa shape index (κ1) is 16.1. The van der Waals surface area contributed by atoms with Crippen LogP contribution in [0.3, 0.4) is 0 Å². The van der Waals surface area contributed by atoms with Gasteiger partial charge in [-0.05, 0) is 34.1 Å². The number of carbonyl (C=O) groups excluding carboxylic acids is 1. The fourth-order valence-electron chi connectivity index (χ4n) is 2.14. The summed E-state index contributed by atoms with van der Waals surface area (Å²) in [6.45, 7) is 0.921. The molecule has 1 aromatic rings. The first-order valence-corrected chi connectivity index (χ1v) is 6.93. The minimum atomic E-state index is -4.41. The second kappa shape index (κ2) is 6.23. The van der Waals surface area contributed by atoms with E-state index in [1.807, 2.05) is 0 Å². The van der Waals surface area contributed by atoms with Gasteiger partial charge in [-0.15, -0.1) is 0 Å². The van der Waals surface area contributed by atoms with Gasteiger partial charge in [0.25, 0.3) is 0 Å². The Morgan fingerprint density at radius 2 is 2.19 bits per heavy atom. The van der Waals surface area contributed by atoms with Gasteiger partial charge in [-0.25, -0.2) is 4.79 Å². The number of halogens is 4. The average Bonchev–Trinajstić information content (AvgIpc) is 2.45. The number of methoxy groups -OCH3 is 1. The molecule has 0 spiro atoms. The highest BCUT2D eigenvalue weighted by molar-refractivity contribution is 9.10. The summed E-state index contributed by atoms with van der Waals surface area (Å²) in [6.07, 6.45) is -4.41. The minimum Gasteiger partial charge on any atom is -0.467 e. The number of hydrogen-bond donors (Lipinski definition) is 0. The molecule has 1 heterocycles. The number of ether oxygens (including phenoxy) is 2. The van der Waals surface area contributed by atoms with Crippen molar-refractivity contribution in [3.8, 4) is 0 Å². The van der Waals surface area contributed by atoms with Crippen molar-refractivity contribution in [1.82, 2.24) is 0 Å². The quantitative estimate of drug-likeness (QED) is 0.753. The third-order valence-corrected chi connectivity index (χ3v) is 3.82. The molecule has 21 heavy (non-hydrogen) atoms. The van der Waals surface area contributed by atoms with Crippen molar-refractivity contribution in [2.24, 2.45) is 0 Å². The number of hydrogen-bond acceptors (Lipinski definition) is 4. The first-order valence-electron chi connectivity index (χ1n) is 6.13. The third-order valence-electron chi connectivity index (χ3n) is 3.19. The maximum atomic E-state index is 12.7. The highest BCUT2D eigenvalue weighted by Gasteiger charge is 2.34. The molecule has 0 radical (unpaired) electrons. The van der Waals surface area contributed by atoms with Crippen molar-refractivity contribution >= 4 is 27.6 Å². The van der Waals surface area contributed by atoms with E-state index in [2.05, 4.69) is 15.9 Å². The van der Waals surface area contributed by atoms with Crippen LogP contribution < -0.4 is 4.90 Å². The Morgan fingerprint density at radius 1 is 1.48 bits per heavy atom. The van der Waals surface area contributed by atoms with Gasteiger partial charge in [0.05, 0.1) is 31.6 Å². The second-order valence-electron chi connectivity index (χ2n) is 4.47. The molecule has 1 aromatic carbocycles. The highest BCUT2D eigenvalue weighted by Crippen LogP contribution is 2.36. The van der Waals surface area contributed by atoms with E-state index >= 15 is 0 Å². The normalized spacial score (nSPS) is 19.5. The second-order valence-corrected chi connectivity index (χ2v) is 5.33.